The van der Waals surface area contributed by atoms with Crippen molar-refractivity contribution >= 4 is 18.3 Å². The molecule has 3 nitrogen and oxygen atoms in total. The van der Waals surface area contributed by atoms with E-state index < -0.39 is 5.41 Å². The van der Waals surface area contributed by atoms with E-state index in [0.29, 0.717) is 18.7 Å². The standard InChI is InChI=1S/C13H19FN2O.ClH/c1-13(2,12(17)16-9-8-15-3)10-6-4-5-7-11(10)14;/h4-7,15H,8-9H2,1-3H3,(H,16,17);1H. The largest absolute Gasteiger partial charge is 0.354 e. The predicted molar refractivity (Wildman–Crippen MR) is 73.6 cm³/mol. The molecule has 102 valence electrons. The zero-order valence-electron chi connectivity index (χ0n) is 10.9. The molecular weight excluding hydrogens is 255 g/mol. The Bertz CT molecular complexity index is 396. The van der Waals surface area contributed by atoms with Crippen LogP contribution in [-0.4, -0.2) is 26.0 Å². The first-order valence-corrected chi connectivity index (χ1v) is 5.68. The molecule has 0 unspecified atom stereocenters. The third kappa shape index (κ3) is 3.96. The van der Waals surface area contributed by atoms with Crippen molar-refractivity contribution in [3.05, 3.63) is 35.6 Å². The van der Waals surface area contributed by atoms with Crippen LogP contribution in [0, 0.1) is 5.82 Å². The topological polar surface area (TPSA) is 41.1 Å². The van der Waals surface area contributed by atoms with Crippen molar-refractivity contribution < 1.29 is 9.18 Å². The molecule has 0 aromatic heterocycles. The molecule has 0 radical (unpaired) electrons. The van der Waals surface area contributed by atoms with Crippen LogP contribution < -0.4 is 10.6 Å². The summed E-state index contributed by atoms with van der Waals surface area (Å²) in [4.78, 5) is 12.0. The van der Waals surface area contributed by atoms with Gasteiger partial charge in [0.1, 0.15) is 5.82 Å². The molecule has 1 aromatic rings. The fraction of sp³-hybridized carbons (Fsp3) is 0.462. The molecule has 0 saturated carbocycles. The van der Waals surface area contributed by atoms with E-state index in [1.807, 2.05) is 7.05 Å². The molecule has 18 heavy (non-hydrogen) atoms. The Balaban J connectivity index is 0.00000289. The van der Waals surface area contributed by atoms with Crippen LogP contribution in [0.1, 0.15) is 19.4 Å². The van der Waals surface area contributed by atoms with E-state index in [-0.39, 0.29) is 24.1 Å². The second kappa shape index (κ2) is 7.34. The third-order valence-corrected chi connectivity index (χ3v) is 2.78. The van der Waals surface area contributed by atoms with Gasteiger partial charge in [0.25, 0.3) is 0 Å². The van der Waals surface area contributed by atoms with E-state index in [0.717, 1.165) is 0 Å². The molecule has 0 bridgehead atoms. The van der Waals surface area contributed by atoms with Crippen LogP contribution in [0.3, 0.4) is 0 Å². The van der Waals surface area contributed by atoms with Gasteiger partial charge in [0.15, 0.2) is 0 Å². The number of nitrogens with one attached hydrogen (secondary N) is 2. The first-order valence-electron chi connectivity index (χ1n) is 5.68. The van der Waals surface area contributed by atoms with E-state index >= 15 is 0 Å². The molecule has 0 aliphatic carbocycles. The lowest BCUT2D eigenvalue weighted by Crippen LogP contribution is -2.42. The van der Waals surface area contributed by atoms with Crippen LogP contribution in [0.25, 0.3) is 0 Å². The van der Waals surface area contributed by atoms with E-state index in [9.17, 15) is 9.18 Å². The molecule has 0 saturated heterocycles. The van der Waals surface area contributed by atoms with Gasteiger partial charge in [-0.1, -0.05) is 18.2 Å². The summed E-state index contributed by atoms with van der Waals surface area (Å²) in [7, 11) is 1.81. The third-order valence-electron chi connectivity index (χ3n) is 2.78. The van der Waals surface area contributed by atoms with Crippen LogP contribution in [0.15, 0.2) is 24.3 Å². The first-order chi connectivity index (χ1) is 8.00. The van der Waals surface area contributed by atoms with Gasteiger partial charge < -0.3 is 10.6 Å². The summed E-state index contributed by atoms with van der Waals surface area (Å²) >= 11 is 0. The lowest BCUT2D eigenvalue weighted by atomic mass is 9.83. The summed E-state index contributed by atoms with van der Waals surface area (Å²) in [5.41, 5.74) is -0.444. The SMILES string of the molecule is CNCCNC(=O)C(C)(C)c1ccccc1F.Cl. The smallest absolute Gasteiger partial charge is 0.230 e. The Morgan fingerprint density at radius 3 is 2.44 bits per heavy atom. The number of amides is 1. The lowest BCUT2D eigenvalue weighted by Gasteiger charge is -2.24. The Morgan fingerprint density at radius 2 is 1.89 bits per heavy atom. The number of benzene rings is 1. The second-order valence-corrected chi connectivity index (χ2v) is 4.46. The summed E-state index contributed by atoms with van der Waals surface area (Å²) in [6.45, 7) is 4.67. The summed E-state index contributed by atoms with van der Waals surface area (Å²) in [6, 6.07) is 6.37. The van der Waals surface area contributed by atoms with Crippen molar-refractivity contribution in [2.45, 2.75) is 19.3 Å². The number of halogens is 2. The number of carbonyl (C=O) groups is 1. The predicted octanol–water partition coefficient (Wildman–Crippen LogP) is 1.86. The maximum atomic E-state index is 13.6. The molecule has 0 heterocycles. The van der Waals surface area contributed by atoms with Crippen LogP contribution in [0.5, 0.6) is 0 Å². The molecule has 5 heteroatoms. The maximum absolute atomic E-state index is 13.6. The van der Waals surface area contributed by atoms with Gasteiger partial charge in [-0.15, -0.1) is 12.4 Å². The Labute approximate surface area is 114 Å². The van der Waals surface area contributed by atoms with Crippen molar-refractivity contribution in [1.29, 1.82) is 0 Å². The average molecular weight is 275 g/mol. The number of hydrogen-bond donors (Lipinski definition) is 2. The van der Waals surface area contributed by atoms with Crippen molar-refractivity contribution in [1.82, 2.24) is 10.6 Å². The highest BCUT2D eigenvalue weighted by Crippen LogP contribution is 2.25. The Hall–Kier alpha value is -1.13. The van der Waals surface area contributed by atoms with Crippen molar-refractivity contribution in [3.8, 4) is 0 Å². The minimum Gasteiger partial charge on any atom is -0.354 e. The normalized spacial score (nSPS) is 10.7. The number of hydrogen-bond acceptors (Lipinski definition) is 2. The highest BCUT2D eigenvalue weighted by atomic mass is 35.5. The zero-order valence-corrected chi connectivity index (χ0v) is 11.7. The van der Waals surface area contributed by atoms with Crippen LogP contribution in [0.4, 0.5) is 4.39 Å². The average Bonchev–Trinajstić information content (AvgIpc) is 2.29. The molecule has 1 amide bonds. The summed E-state index contributed by atoms with van der Waals surface area (Å²) < 4.78 is 13.6. The molecule has 0 aliphatic rings. The molecule has 1 aromatic carbocycles. The van der Waals surface area contributed by atoms with Crippen molar-refractivity contribution in [3.63, 3.8) is 0 Å². The summed E-state index contributed by atoms with van der Waals surface area (Å²) in [5, 5.41) is 5.72. The van der Waals surface area contributed by atoms with E-state index in [1.165, 1.54) is 6.07 Å². The van der Waals surface area contributed by atoms with Gasteiger partial charge in [-0.25, -0.2) is 4.39 Å². The maximum Gasteiger partial charge on any atom is 0.230 e. The fourth-order valence-electron chi connectivity index (χ4n) is 1.61. The van der Waals surface area contributed by atoms with Gasteiger partial charge in [-0.3, -0.25) is 4.79 Å². The van der Waals surface area contributed by atoms with Crippen LogP contribution >= 0.6 is 12.4 Å². The molecule has 1 rings (SSSR count). The first kappa shape index (κ1) is 16.9. The number of likely N-dealkylation sites (N-methyl/N-ethyl adjacent to an activating group) is 1. The summed E-state index contributed by atoms with van der Waals surface area (Å²) in [6.07, 6.45) is 0. The van der Waals surface area contributed by atoms with Gasteiger partial charge >= 0.3 is 0 Å². The molecule has 0 spiro atoms. The van der Waals surface area contributed by atoms with Crippen molar-refractivity contribution in [2.24, 2.45) is 0 Å². The van der Waals surface area contributed by atoms with Crippen molar-refractivity contribution in [2.75, 3.05) is 20.1 Å². The van der Waals surface area contributed by atoms with Gasteiger partial charge in [-0.05, 0) is 27.0 Å². The molecular formula is C13H20ClFN2O. The van der Waals surface area contributed by atoms with Gasteiger partial charge in [0.05, 0.1) is 5.41 Å². The summed E-state index contributed by atoms with van der Waals surface area (Å²) in [5.74, 6) is -0.515. The van der Waals surface area contributed by atoms with E-state index in [4.69, 9.17) is 0 Å². The van der Waals surface area contributed by atoms with Crippen LogP contribution in [-0.2, 0) is 10.2 Å². The highest BCUT2D eigenvalue weighted by molar-refractivity contribution is 5.87. The molecule has 0 fully saturated rings. The fourth-order valence-corrected chi connectivity index (χ4v) is 1.61. The zero-order chi connectivity index (χ0) is 12.9. The molecule has 0 aliphatic heterocycles. The minimum atomic E-state index is -0.862. The van der Waals surface area contributed by atoms with Crippen LogP contribution in [0.2, 0.25) is 0 Å². The monoisotopic (exact) mass is 274 g/mol. The molecule has 2 N–H and O–H groups in total. The van der Waals surface area contributed by atoms with Gasteiger partial charge in [-0.2, -0.15) is 0 Å². The lowest BCUT2D eigenvalue weighted by molar-refractivity contribution is -0.125. The Kier molecular flexibility index (Phi) is 6.88. The highest BCUT2D eigenvalue weighted by Gasteiger charge is 2.31. The van der Waals surface area contributed by atoms with Gasteiger partial charge in [0.2, 0.25) is 5.91 Å². The minimum absolute atomic E-state index is 0. The molecule has 0 atom stereocenters. The van der Waals surface area contributed by atoms with E-state index in [2.05, 4.69) is 10.6 Å². The Morgan fingerprint density at radius 1 is 1.28 bits per heavy atom. The van der Waals surface area contributed by atoms with Gasteiger partial charge in [0, 0.05) is 18.7 Å². The number of rotatable bonds is 5. The van der Waals surface area contributed by atoms with E-state index in [1.54, 1.807) is 32.0 Å². The quantitative estimate of drug-likeness (QED) is 0.805. The number of carbonyl (C=O) groups excluding carboxylic acids is 1. The second-order valence-electron chi connectivity index (χ2n) is 4.46.